The van der Waals surface area contributed by atoms with Crippen molar-refractivity contribution in [1.29, 1.82) is 0 Å². The van der Waals surface area contributed by atoms with Crippen molar-refractivity contribution < 1.29 is 9.18 Å². The number of fused-ring (bicyclic) bond motifs is 1. The van der Waals surface area contributed by atoms with Crippen LogP contribution in [-0.2, 0) is 4.79 Å². The number of nitrogens with one attached hydrogen (secondary N) is 1. The topological polar surface area (TPSA) is 104 Å². The number of rotatable bonds is 3. The van der Waals surface area contributed by atoms with Gasteiger partial charge in [-0.1, -0.05) is 11.6 Å². The van der Waals surface area contributed by atoms with E-state index in [-0.39, 0.29) is 17.5 Å². The smallest absolute Gasteiger partial charge is 0.246 e. The number of hydrazine groups is 1. The van der Waals surface area contributed by atoms with E-state index in [9.17, 15) is 9.18 Å². The summed E-state index contributed by atoms with van der Waals surface area (Å²) in [5.41, 5.74) is 1.23. The molecule has 1 atom stereocenters. The number of amides is 1. The molecule has 3 aromatic heterocycles. The minimum atomic E-state index is -0.693. The fourth-order valence-corrected chi connectivity index (χ4v) is 3.57. The minimum Gasteiger partial charge on any atom is -0.345 e. The Morgan fingerprint density at radius 3 is 3.00 bits per heavy atom. The van der Waals surface area contributed by atoms with E-state index < -0.39 is 11.9 Å². The maximum Gasteiger partial charge on any atom is 0.246 e. The van der Waals surface area contributed by atoms with Crippen LogP contribution in [0.1, 0.15) is 19.3 Å². The number of likely N-dealkylation sites (N-methyl/N-ethyl adjacent to an activating group) is 1. The van der Waals surface area contributed by atoms with Crippen molar-refractivity contribution in [3.63, 3.8) is 0 Å². The van der Waals surface area contributed by atoms with E-state index >= 15 is 0 Å². The Balaban J connectivity index is 1.74. The summed E-state index contributed by atoms with van der Waals surface area (Å²) >= 11 is 6.04. The highest BCUT2D eigenvalue weighted by Gasteiger charge is 2.31. The molecule has 1 saturated heterocycles. The zero-order chi connectivity index (χ0) is 19.8. The summed E-state index contributed by atoms with van der Waals surface area (Å²) in [4.78, 5) is 29.8. The van der Waals surface area contributed by atoms with Crippen LogP contribution in [-0.4, -0.2) is 50.4 Å². The summed E-state index contributed by atoms with van der Waals surface area (Å²) in [6.45, 7) is 0.657. The van der Waals surface area contributed by atoms with Crippen LogP contribution in [0.25, 0.3) is 22.4 Å². The van der Waals surface area contributed by atoms with Gasteiger partial charge >= 0.3 is 0 Å². The molecule has 3 N–H and O–H groups in total. The lowest BCUT2D eigenvalue weighted by molar-refractivity contribution is -0.130. The summed E-state index contributed by atoms with van der Waals surface area (Å²) in [5.74, 6) is 5.46. The van der Waals surface area contributed by atoms with E-state index in [1.54, 1.807) is 24.2 Å². The van der Waals surface area contributed by atoms with Crippen LogP contribution >= 0.6 is 11.6 Å². The number of nitrogens with two attached hydrogens (primary N) is 1. The van der Waals surface area contributed by atoms with Crippen molar-refractivity contribution in [2.24, 2.45) is 5.84 Å². The average molecular weight is 404 g/mol. The van der Waals surface area contributed by atoms with Gasteiger partial charge in [0.2, 0.25) is 5.91 Å². The molecule has 1 aliphatic heterocycles. The van der Waals surface area contributed by atoms with Crippen LogP contribution in [0.4, 0.5) is 10.2 Å². The number of likely N-dealkylation sites (tertiary alicyclic amines) is 1. The number of aromatic nitrogens is 4. The van der Waals surface area contributed by atoms with Crippen LogP contribution in [0.2, 0.25) is 5.02 Å². The SMILES string of the molecule is CN1CCCC[C@H](N(N)c2nc(-c3c[nH]c4ncc(Cl)cc34)ncc2F)C1=O. The lowest BCUT2D eigenvalue weighted by Gasteiger charge is -2.28. The Morgan fingerprint density at radius 2 is 2.18 bits per heavy atom. The predicted octanol–water partition coefficient (Wildman–Crippen LogP) is 2.50. The van der Waals surface area contributed by atoms with Gasteiger partial charge in [0.25, 0.3) is 0 Å². The molecule has 4 rings (SSSR count). The summed E-state index contributed by atoms with van der Waals surface area (Å²) in [5, 5.41) is 2.28. The van der Waals surface area contributed by atoms with E-state index in [4.69, 9.17) is 17.4 Å². The lowest BCUT2D eigenvalue weighted by atomic mass is 10.1. The number of anilines is 1. The molecule has 10 heteroatoms. The molecule has 0 unspecified atom stereocenters. The minimum absolute atomic E-state index is 0.122. The molecule has 3 aromatic rings. The maximum absolute atomic E-state index is 14.5. The fraction of sp³-hybridized carbons (Fsp3) is 0.333. The highest BCUT2D eigenvalue weighted by atomic mass is 35.5. The molecule has 0 radical (unpaired) electrons. The zero-order valence-electron chi connectivity index (χ0n) is 15.2. The average Bonchev–Trinajstić information content (AvgIpc) is 3.02. The standard InChI is InChI=1S/C18H19ClFN7O/c1-26-5-3-2-4-14(18(26)28)27(21)17-13(20)9-24-16(25-17)12-8-23-15-11(12)6-10(19)7-22-15/h6-9,14H,2-5,21H2,1H3,(H,22,23)/t14-/m0/s1. The number of carbonyl (C=O) groups is 1. The summed E-state index contributed by atoms with van der Waals surface area (Å²) in [6, 6.07) is 1.05. The van der Waals surface area contributed by atoms with Crippen LogP contribution in [0, 0.1) is 5.82 Å². The van der Waals surface area contributed by atoms with Crippen molar-refractivity contribution in [1.82, 2.24) is 24.8 Å². The second-order valence-electron chi connectivity index (χ2n) is 6.80. The molecule has 28 heavy (non-hydrogen) atoms. The first kappa shape index (κ1) is 18.6. The third kappa shape index (κ3) is 3.27. The molecule has 1 fully saturated rings. The first-order valence-corrected chi connectivity index (χ1v) is 9.28. The number of pyridine rings is 1. The van der Waals surface area contributed by atoms with Crippen LogP contribution < -0.4 is 10.9 Å². The molecular formula is C18H19ClFN7O. The zero-order valence-corrected chi connectivity index (χ0v) is 15.9. The second kappa shape index (κ2) is 7.33. The Bertz CT molecular complexity index is 1040. The van der Waals surface area contributed by atoms with E-state index in [0.29, 0.717) is 34.6 Å². The molecule has 0 saturated carbocycles. The van der Waals surface area contributed by atoms with Crippen LogP contribution in [0.3, 0.4) is 0 Å². The number of halogens is 2. The predicted molar refractivity (Wildman–Crippen MR) is 104 cm³/mol. The first-order chi connectivity index (χ1) is 13.5. The third-order valence-corrected chi connectivity index (χ3v) is 5.13. The number of carbonyl (C=O) groups excluding carboxylic acids is 1. The van der Waals surface area contributed by atoms with Crippen LogP contribution in [0.5, 0.6) is 0 Å². The quantitative estimate of drug-likeness (QED) is 0.514. The number of nitrogens with zero attached hydrogens (tertiary/aromatic N) is 5. The Hall–Kier alpha value is -2.78. The number of hydrogen-bond acceptors (Lipinski definition) is 6. The van der Waals surface area contributed by atoms with Gasteiger partial charge < -0.3 is 9.88 Å². The molecule has 0 aromatic carbocycles. The van der Waals surface area contributed by atoms with E-state index in [1.807, 2.05) is 0 Å². The number of hydrogen-bond donors (Lipinski definition) is 2. The van der Waals surface area contributed by atoms with E-state index in [0.717, 1.165) is 24.0 Å². The van der Waals surface area contributed by atoms with Crippen molar-refractivity contribution >= 4 is 34.4 Å². The Kier molecular flexibility index (Phi) is 4.86. The first-order valence-electron chi connectivity index (χ1n) is 8.90. The largest absolute Gasteiger partial charge is 0.345 e. The second-order valence-corrected chi connectivity index (χ2v) is 7.23. The number of aromatic amines is 1. The van der Waals surface area contributed by atoms with Gasteiger partial charge in [-0.2, -0.15) is 0 Å². The highest BCUT2D eigenvalue weighted by molar-refractivity contribution is 6.31. The van der Waals surface area contributed by atoms with Crippen molar-refractivity contribution in [3.8, 4) is 11.4 Å². The summed E-state index contributed by atoms with van der Waals surface area (Å²) in [7, 11) is 1.72. The normalized spacial score (nSPS) is 17.8. The molecule has 1 aliphatic rings. The molecule has 8 nitrogen and oxygen atoms in total. The molecular weight excluding hydrogens is 385 g/mol. The van der Waals surface area contributed by atoms with Gasteiger partial charge in [-0.05, 0) is 25.3 Å². The van der Waals surface area contributed by atoms with Gasteiger partial charge in [0, 0.05) is 36.9 Å². The van der Waals surface area contributed by atoms with Gasteiger partial charge in [0.1, 0.15) is 11.7 Å². The maximum atomic E-state index is 14.5. The van der Waals surface area contributed by atoms with E-state index in [2.05, 4.69) is 19.9 Å². The third-order valence-electron chi connectivity index (χ3n) is 4.93. The molecule has 4 heterocycles. The molecule has 0 bridgehead atoms. The van der Waals surface area contributed by atoms with Gasteiger partial charge in [0.05, 0.1) is 11.2 Å². The highest BCUT2D eigenvalue weighted by Crippen LogP contribution is 2.29. The molecule has 146 valence electrons. The monoisotopic (exact) mass is 403 g/mol. The van der Waals surface area contributed by atoms with Gasteiger partial charge in [-0.25, -0.2) is 25.2 Å². The molecule has 0 aliphatic carbocycles. The van der Waals surface area contributed by atoms with Crippen molar-refractivity contribution in [2.45, 2.75) is 25.3 Å². The van der Waals surface area contributed by atoms with Gasteiger partial charge in [0.15, 0.2) is 17.5 Å². The Morgan fingerprint density at radius 1 is 1.36 bits per heavy atom. The van der Waals surface area contributed by atoms with Gasteiger partial charge in [-0.3, -0.25) is 9.80 Å². The van der Waals surface area contributed by atoms with Crippen molar-refractivity contribution in [2.75, 3.05) is 18.6 Å². The fourth-order valence-electron chi connectivity index (χ4n) is 3.41. The lowest BCUT2D eigenvalue weighted by Crippen LogP contribution is -2.51. The molecule has 1 amide bonds. The van der Waals surface area contributed by atoms with Crippen molar-refractivity contribution in [3.05, 3.63) is 35.5 Å². The van der Waals surface area contributed by atoms with E-state index in [1.165, 1.54) is 6.20 Å². The Labute approximate surface area is 165 Å². The summed E-state index contributed by atoms with van der Waals surface area (Å²) < 4.78 is 14.5. The van der Waals surface area contributed by atoms with Gasteiger partial charge in [-0.15, -0.1) is 0 Å². The summed E-state index contributed by atoms with van der Waals surface area (Å²) in [6.07, 6.45) is 6.49. The molecule has 0 spiro atoms. The number of H-pyrrole nitrogens is 1. The van der Waals surface area contributed by atoms with Crippen LogP contribution in [0.15, 0.2) is 24.7 Å².